The van der Waals surface area contributed by atoms with Crippen LogP contribution in [-0.4, -0.2) is 31.6 Å². The molecule has 0 aromatic heterocycles. The number of hydrogen-bond acceptors (Lipinski definition) is 3. The third-order valence-corrected chi connectivity index (χ3v) is 5.33. The number of benzene rings is 1. The van der Waals surface area contributed by atoms with Crippen LogP contribution >= 0.6 is 0 Å². The standard InChI is InChI=1S/C12H18N2O2S/c1-10(7-13-2)17(15,16)14-8-11-5-3-4-6-12(11)9-14/h3-6,10,13H,7-9H2,1-2H3. The first-order valence-electron chi connectivity index (χ1n) is 5.76. The lowest BCUT2D eigenvalue weighted by molar-refractivity contribution is 0.422. The summed E-state index contributed by atoms with van der Waals surface area (Å²) in [6.45, 7) is 3.24. The van der Waals surface area contributed by atoms with Crippen LogP contribution in [0.1, 0.15) is 18.1 Å². The summed E-state index contributed by atoms with van der Waals surface area (Å²) in [5.41, 5.74) is 2.24. The van der Waals surface area contributed by atoms with E-state index in [1.54, 1.807) is 18.3 Å². The van der Waals surface area contributed by atoms with Gasteiger partial charge in [-0.15, -0.1) is 0 Å². The van der Waals surface area contributed by atoms with Crippen molar-refractivity contribution in [2.45, 2.75) is 25.3 Å². The quantitative estimate of drug-likeness (QED) is 0.870. The first kappa shape index (κ1) is 12.5. The predicted octanol–water partition coefficient (Wildman–Crippen LogP) is 0.940. The van der Waals surface area contributed by atoms with Crippen LogP contribution in [0.25, 0.3) is 0 Å². The minimum Gasteiger partial charge on any atom is -0.318 e. The van der Waals surface area contributed by atoms with E-state index in [4.69, 9.17) is 0 Å². The van der Waals surface area contributed by atoms with Gasteiger partial charge in [-0.05, 0) is 25.1 Å². The Kier molecular flexibility index (Phi) is 3.51. The molecule has 0 fully saturated rings. The highest BCUT2D eigenvalue weighted by Crippen LogP contribution is 2.26. The molecule has 1 aliphatic rings. The van der Waals surface area contributed by atoms with E-state index in [0.717, 1.165) is 11.1 Å². The molecule has 4 nitrogen and oxygen atoms in total. The van der Waals surface area contributed by atoms with E-state index in [1.807, 2.05) is 24.3 Å². The summed E-state index contributed by atoms with van der Waals surface area (Å²) in [7, 11) is -1.43. The van der Waals surface area contributed by atoms with Gasteiger partial charge in [0.2, 0.25) is 10.0 Å². The third kappa shape index (κ3) is 2.36. The van der Waals surface area contributed by atoms with Crippen molar-refractivity contribution in [3.05, 3.63) is 35.4 Å². The highest BCUT2D eigenvalue weighted by molar-refractivity contribution is 7.89. The average molecular weight is 254 g/mol. The zero-order valence-electron chi connectivity index (χ0n) is 10.2. The van der Waals surface area contributed by atoms with Gasteiger partial charge < -0.3 is 5.32 Å². The van der Waals surface area contributed by atoms with E-state index in [1.165, 1.54) is 0 Å². The summed E-state index contributed by atoms with van der Waals surface area (Å²) >= 11 is 0. The summed E-state index contributed by atoms with van der Waals surface area (Å²) in [6, 6.07) is 7.89. The minimum absolute atomic E-state index is 0.387. The van der Waals surface area contributed by atoms with E-state index in [-0.39, 0.29) is 5.25 Å². The highest BCUT2D eigenvalue weighted by Gasteiger charge is 2.32. The average Bonchev–Trinajstić information content (AvgIpc) is 2.73. The Morgan fingerprint density at radius 1 is 1.29 bits per heavy atom. The molecule has 0 saturated heterocycles. The molecular weight excluding hydrogens is 236 g/mol. The molecule has 1 heterocycles. The Balaban J connectivity index is 2.18. The van der Waals surface area contributed by atoms with E-state index in [0.29, 0.717) is 19.6 Å². The maximum atomic E-state index is 12.3. The Hall–Kier alpha value is -0.910. The molecule has 2 rings (SSSR count). The Labute approximate surface area is 103 Å². The van der Waals surface area contributed by atoms with Gasteiger partial charge in [0, 0.05) is 19.6 Å². The molecule has 1 N–H and O–H groups in total. The maximum Gasteiger partial charge on any atom is 0.218 e. The van der Waals surface area contributed by atoms with Crippen molar-refractivity contribution in [1.29, 1.82) is 0 Å². The van der Waals surface area contributed by atoms with Crippen LogP contribution in [-0.2, 0) is 23.1 Å². The normalized spacial score (nSPS) is 18.0. The number of nitrogens with one attached hydrogen (secondary N) is 1. The van der Waals surface area contributed by atoms with Crippen molar-refractivity contribution in [3.8, 4) is 0 Å². The first-order valence-corrected chi connectivity index (χ1v) is 7.26. The monoisotopic (exact) mass is 254 g/mol. The molecular formula is C12H18N2O2S. The lowest BCUT2D eigenvalue weighted by Crippen LogP contribution is -2.38. The third-order valence-electron chi connectivity index (χ3n) is 3.17. The van der Waals surface area contributed by atoms with Gasteiger partial charge in [0.1, 0.15) is 0 Å². The molecule has 5 heteroatoms. The number of sulfonamides is 1. The van der Waals surface area contributed by atoms with Crippen LogP contribution in [0.2, 0.25) is 0 Å². The van der Waals surface area contributed by atoms with Crippen molar-refractivity contribution in [3.63, 3.8) is 0 Å². The van der Waals surface area contributed by atoms with Gasteiger partial charge in [-0.3, -0.25) is 0 Å². The van der Waals surface area contributed by atoms with Crippen LogP contribution in [0, 0.1) is 0 Å². The Morgan fingerprint density at radius 3 is 2.29 bits per heavy atom. The number of fused-ring (bicyclic) bond motifs is 1. The van der Waals surface area contributed by atoms with Crippen molar-refractivity contribution in [2.75, 3.05) is 13.6 Å². The molecule has 1 aliphatic heterocycles. The second-order valence-corrected chi connectivity index (χ2v) is 6.80. The summed E-state index contributed by atoms with van der Waals surface area (Å²) in [4.78, 5) is 0. The van der Waals surface area contributed by atoms with Gasteiger partial charge in [0.05, 0.1) is 5.25 Å². The van der Waals surface area contributed by atoms with Gasteiger partial charge >= 0.3 is 0 Å². The molecule has 17 heavy (non-hydrogen) atoms. The van der Waals surface area contributed by atoms with Gasteiger partial charge in [0.25, 0.3) is 0 Å². The summed E-state index contributed by atoms with van der Waals surface area (Å²) in [6.07, 6.45) is 0. The second-order valence-electron chi connectivity index (χ2n) is 4.45. The lowest BCUT2D eigenvalue weighted by atomic mass is 10.1. The number of hydrogen-bond donors (Lipinski definition) is 1. The van der Waals surface area contributed by atoms with Crippen molar-refractivity contribution in [1.82, 2.24) is 9.62 Å². The van der Waals surface area contributed by atoms with Crippen molar-refractivity contribution < 1.29 is 8.42 Å². The van der Waals surface area contributed by atoms with Gasteiger partial charge in [-0.2, -0.15) is 4.31 Å². The molecule has 1 unspecified atom stereocenters. The zero-order chi connectivity index (χ0) is 12.5. The molecule has 0 spiro atoms. The SMILES string of the molecule is CNCC(C)S(=O)(=O)N1Cc2ccccc2C1. The van der Waals surface area contributed by atoms with Crippen molar-refractivity contribution in [2.24, 2.45) is 0 Å². The first-order chi connectivity index (χ1) is 8.05. The van der Waals surface area contributed by atoms with Gasteiger partial charge in [-0.1, -0.05) is 24.3 Å². The number of rotatable bonds is 4. The molecule has 1 aromatic rings. The Morgan fingerprint density at radius 2 is 1.82 bits per heavy atom. The fourth-order valence-electron chi connectivity index (χ4n) is 2.13. The summed E-state index contributed by atoms with van der Waals surface area (Å²) < 4.78 is 26.1. The van der Waals surface area contributed by atoms with E-state index < -0.39 is 10.0 Å². The van der Waals surface area contributed by atoms with Gasteiger partial charge in [0.15, 0.2) is 0 Å². The van der Waals surface area contributed by atoms with Crippen LogP contribution in [0.5, 0.6) is 0 Å². The summed E-state index contributed by atoms with van der Waals surface area (Å²) in [5, 5.41) is 2.53. The topological polar surface area (TPSA) is 49.4 Å². The molecule has 0 bridgehead atoms. The predicted molar refractivity (Wildman–Crippen MR) is 68.0 cm³/mol. The maximum absolute atomic E-state index is 12.3. The molecule has 0 aliphatic carbocycles. The molecule has 94 valence electrons. The van der Waals surface area contributed by atoms with E-state index in [9.17, 15) is 8.42 Å². The fraction of sp³-hybridized carbons (Fsp3) is 0.500. The molecule has 1 aromatic carbocycles. The molecule has 0 amide bonds. The zero-order valence-corrected chi connectivity index (χ0v) is 11.0. The van der Waals surface area contributed by atoms with Gasteiger partial charge in [-0.25, -0.2) is 8.42 Å². The Bertz CT molecular complexity index is 474. The second kappa shape index (κ2) is 4.76. The summed E-state index contributed by atoms with van der Waals surface area (Å²) in [5.74, 6) is 0. The smallest absolute Gasteiger partial charge is 0.218 e. The van der Waals surface area contributed by atoms with Crippen LogP contribution in [0.4, 0.5) is 0 Å². The van der Waals surface area contributed by atoms with E-state index >= 15 is 0 Å². The molecule has 1 atom stereocenters. The molecule has 0 saturated carbocycles. The van der Waals surface area contributed by atoms with Crippen LogP contribution in [0.15, 0.2) is 24.3 Å². The highest BCUT2D eigenvalue weighted by atomic mass is 32.2. The van der Waals surface area contributed by atoms with Crippen LogP contribution in [0.3, 0.4) is 0 Å². The van der Waals surface area contributed by atoms with Crippen molar-refractivity contribution >= 4 is 10.0 Å². The lowest BCUT2D eigenvalue weighted by Gasteiger charge is -2.20. The minimum atomic E-state index is -3.20. The van der Waals surface area contributed by atoms with E-state index in [2.05, 4.69) is 5.32 Å². The number of nitrogens with zero attached hydrogens (tertiary/aromatic N) is 1. The van der Waals surface area contributed by atoms with Crippen LogP contribution < -0.4 is 5.32 Å². The largest absolute Gasteiger partial charge is 0.318 e. The molecule has 0 radical (unpaired) electrons. The fourth-order valence-corrected chi connectivity index (χ4v) is 3.65.